The van der Waals surface area contributed by atoms with Crippen molar-refractivity contribution in [3.8, 4) is 0 Å². The number of fused-ring (bicyclic) bond motifs is 1. The van der Waals surface area contributed by atoms with Crippen LogP contribution in [-0.4, -0.2) is 52.0 Å². The lowest BCUT2D eigenvalue weighted by Crippen LogP contribution is -2.40. The molecular formula is C32H50O6. The van der Waals surface area contributed by atoms with Crippen LogP contribution in [0.3, 0.4) is 0 Å². The quantitative estimate of drug-likeness (QED) is 0.181. The Kier molecular flexibility index (Phi) is 10.5. The average molecular weight is 531 g/mol. The Bertz CT molecular complexity index is 930. The highest BCUT2D eigenvalue weighted by Crippen LogP contribution is 2.59. The predicted octanol–water partition coefficient (Wildman–Crippen LogP) is 6.41. The summed E-state index contributed by atoms with van der Waals surface area (Å²) in [7, 11) is 0. The normalized spacial score (nSPS) is 33.9. The Morgan fingerprint density at radius 1 is 1.24 bits per heavy atom. The third kappa shape index (κ3) is 7.19. The summed E-state index contributed by atoms with van der Waals surface area (Å²) in [6, 6.07) is 0. The van der Waals surface area contributed by atoms with Gasteiger partial charge < -0.3 is 24.8 Å². The first-order valence-electron chi connectivity index (χ1n) is 14.6. The van der Waals surface area contributed by atoms with Crippen molar-refractivity contribution in [2.24, 2.45) is 23.2 Å². The van der Waals surface area contributed by atoms with Gasteiger partial charge in [-0.05, 0) is 93.1 Å². The molecule has 6 heteroatoms. The summed E-state index contributed by atoms with van der Waals surface area (Å²) in [6.07, 6.45) is 13.6. The van der Waals surface area contributed by atoms with Crippen molar-refractivity contribution < 1.29 is 29.6 Å². The van der Waals surface area contributed by atoms with E-state index in [1.54, 1.807) is 19.9 Å². The van der Waals surface area contributed by atoms with Crippen LogP contribution in [-0.2, 0) is 9.47 Å². The van der Waals surface area contributed by atoms with E-state index in [1.165, 1.54) is 12.0 Å². The molecule has 3 fully saturated rings. The summed E-state index contributed by atoms with van der Waals surface area (Å²) in [5, 5.41) is 31.1. The van der Waals surface area contributed by atoms with Crippen LogP contribution in [0.25, 0.3) is 0 Å². The van der Waals surface area contributed by atoms with E-state index in [-0.39, 0.29) is 11.3 Å². The molecule has 0 aromatic rings. The second kappa shape index (κ2) is 13.0. The van der Waals surface area contributed by atoms with Gasteiger partial charge in [-0.1, -0.05) is 63.6 Å². The molecule has 3 rings (SSSR count). The molecule has 0 aromatic carbocycles. The van der Waals surface area contributed by atoms with Crippen molar-refractivity contribution in [1.82, 2.24) is 0 Å². The largest absolute Gasteiger partial charge is 0.508 e. The van der Waals surface area contributed by atoms with E-state index in [0.29, 0.717) is 31.3 Å². The summed E-state index contributed by atoms with van der Waals surface area (Å²) >= 11 is 0. The Hall–Kier alpha value is -1.89. The molecule has 0 heterocycles. The highest BCUT2D eigenvalue weighted by molar-refractivity contribution is 5.60. The Morgan fingerprint density at radius 2 is 1.97 bits per heavy atom. The van der Waals surface area contributed by atoms with E-state index < -0.39 is 30.1 Å². The number of aliphatic hydroxyl groups excluding tert-OH is 3. The van der Waals surface area contributed by atoms with E-state index in [2.05, 4.69) is 38.7 Å². The third-order valence-corrected chi connectivity index (χ3v) is 9.31. The van der Waals surface area contributed by atoms with E-state index >= 15 is 0 Å². The molecule has 3 saturated carbocycles. The van der Waals surface area contributed by atoms with Gasteiger partial charge >= 0.3 is 6.16 Å². The van der Waals surface area contributed by atoms with Crippen LogP contribution in [0.2, 0.25) is 0 Å². The van der Waals surface area contributed by atoms with Crippen LogP contribution >= 0.6 is 0 Å². The first kappa shape index (κ1) is 30.6. The number of allylic oxidation sites excluding steroid dienone is 4. The summed E-state index contributed by atoms with van der Waals surface area (Å²) in [5.41, 5.74) is 2.24. The summed E-state index contributed by atoms with van der Waals surface area (Å²) in [5.74, 6) is 1.26. The molecule has 6 nitrogen and oxygen atoms in total. The van der Waals surface area contributed by atoms with E-state index in [0.717, 1.165) is 49.7 Å². The van der Waals surface area contributed by atoms with Crippen LogP contribution in [0.5, 0.6) is 0 Å². The van der Waals surface area contributed by atoms with Gasteiger partial charge in [0, 0.05) is 6.42 Å². The fourth-order valence-electron chi connectivity index (χ4n) is 6.86. The molecule has 0 aliphatic heterocycles. The summed E-state index contributed by atoms with van der Waals surface area (Å²) in [4.78, 5) is 12.0. The SMILES string of the molecule is C=C1/C(=C\C=C2/CCC[C@]3(C)[C@@H]([C@H](C)/C=C/[C@@H](O)C(C)(C)OC(=O)OCCCC)CC[C@@H]23)CC(O)CC1O. The second-order valence-corrected chi connectivity index (χ2v) is 12.5. The van der Waals surface area contributed by atoms with Gasteiger partial charge in [-0.15, -0.1) is 0 Å². The van der Waals surface area contributed by atoms with Crippen molar-refractivity contribution in [3.63, 3.8) is 0 Å². The number of carbonyl (C=O) groups is 1. The third-order valence-electron chi connectivity index (χ3n) is 9.31. The molecular weight excluding hydrogens is 480 g/mol. The number of aliphatic hydroxyl groups is 3. The van der Waals surface area contributed by atoms with Crippen LogP contribution in [0.1, 0.15) is 92.4 Å². The molecule has 0 radical (unpaired) electrons. The van der Waals surface area contributed by atoms with E-state index in [1.807, 2.05) is 6.92 Å². The fraction of sp³-hybridized carbons (Fsp3) is 0.719. The lowest BCUT2D eigenvalue weighted by atomic mass is 9.61. The van der Waals surface area contributed by atoms with Crippen molar-refractivity contribution in [1.29, 1.82) is 0 Å². The average Bonchev–Trinajstić information content (AvgIpc) is 3.21. The Morgan fingerprint density at radius 3 is 2.68 bits per heavy atom. The zero-order chi connectivity index (χ0) is 28.1. The van der Waals surface area contributed by atoms with Gasteiger partial charge in [-0.3, -0.25) is 0 Å². The van der Waals surface area contributed by atoms with E-state index in [9.17, 15) is 20.1 Å². The van der Waals surface area contributed by atoms with Gasteiger partial charge in [0.15, 0.2) is 0 Å². The first-order chi connectivity index (χ1) is 17.9. The van der Waals surface area contributed by atoms with Crippen molar-refractivity contribution in [2.45, 2.75) is 116 Å². The zero-order valence-electron chi connectivity index (χ0n) is 24.1. The molecule has 0 saturated heterocycles. The standard InChI is InChI=1S/C32H50O6/c1-7-8-18-37-30(36)38-31(4,5)29(35)16-11-21(2)26-14-15-27-23(10-9-17-32(26,27)6)12-13-24-19-25(33)20-28(34)22(24)3/h11-13,16,21,25-29,33-35H,3,7-10,14-15,17-20H2,1-2,4-6H3/b16-11+,23-12+,24-13-/t21-,25?,26-,27+,28?,29-,32-/m1/s1. The molecule has 2 unspecified atom stereocenters. The maximum absolute atomic E-state index is 12.0. The van der Waals surface area contributed by atoms with Crippen LogP contribution in [0, 0.1) is 23.2 Å². The van der Waals surface area contributed by atoms with Gasteiger partial charge in [0.25, 0.3) is 0 Å². The predicted molar refractivity (Wildman–Crippen MR) is 150 cm³/mol. The van der Waals surface area contributed by atoms with Gasteiger partial charge in [0.05, 0.1) is 18.8 Å². The monoisotopic (exact) mass is 530 g/mol. The Balaban J connectivity index is 1.66. The van der Waals surface area contributed by atoms with Gasteiger partial charge in [-0.25, -0.2) is 4.79 Å². The Labute approximate surface area is 229 Å². The maximum atomic E-state index is 12.0. The number of rotatable bonds is 9. The minimum atomic E-state index is -1.08. The summed E-state index contributed by atoms with van der Waals surface area (Å²) in [6.45, 7) is 14.4. The summed E-state index contributed by atoms with van der Waals surface area (Å²) < 4.78 is 10.5. The molecule has 7 atom stereocenters. The molecule has 0 aromatic heterocycles. The molecule has 3 N–H and O–H groups in total. The number of unbranched alkanes of at least 4 members (excludes halogenated alkanes) is 1. The molecule has 0 spiro atoms. The first-order valence-corrected chi connectivity index (χ1v) is 14.6. The number of ether oxygens (including phenoxy) is 2. The lowest BCUT2D eigenvalue weighted by molar-refractivity contribution is -0.0670. The molecule has 38 heavy (non-hydrogen) atoms. The number of hydrogen-bond donors (Lipinski definition) is 3. The van der Waals surface area contributed by atoms with Gasteiger partial charge in [-0.2, -0.15) is 0 Å². The topological polar surface area (TPSA) is 96.2 Å². The highest BCUT2D eigenvalue weighted by Gasteiger charge is 2.50. The minimum Gasteiger partial charge on any atom is -0.434 e. The number of carbonyl (C=O) groups excluding carboxylic acids is 1. The highest BCUT2D eigenvalue weighted by atomic mass is 16.7. The second-order valence-electron chi connectivity index (χ2n) is 12.5. The van der Waals surface area contributed by atoms with Gasteiger partial charge in [0.2, 0.25) is 0 Å². The van der Waals surface area contributed by atoms with Crippen molar-refractivity contribution in [3.05, 3.63) is 47.6 Å². The van der Waals surface area contributed by atoms with Crippen molar-refractivity contribution >= 4 is 6.16 Å². The minimum absolute atomic E-state index is 0.176. The fourth-order valence-corrected chi connectivity index (χ4v) is 6.86. The van der Waals surface area contributed by atoms with E-state index in [4.69, 9.17) is 9.47 Å². The molecule has 0 bridgehead atoms. The van der Waals surface area contributed by atoms with Crippen LogP contribution < -0.4 is 0 Å². The molecule has 214 valence electrons. The number of hydrogen-bond acceptors (Lipinski definition) is 6. The zero-order valence-corrected chi connectivity index (χ0v) is 24.1. The van der Waals surface area contributed by atoms with Crippen molar-refractivity contribution in [2.75, 3.05) is 6.61 Å². The van der Waals surface area contributed by atoms with Crippen LogP contribution in [0.15, 0.2) is 47.6 Å². The lowest BCUT2D eigenvalue weighted by Gasteiger charge is -2.44. The molecule has 0 amide bonds. The van der Waals surface area contributed by atoms with Crippen LogP contribution in [0.4, 0.5) is 4.79 Å². The smallest absolute Gasteiger partial charge is 0.434 e. The maximum Gasteiger partial charge on any atom is 0.508 e. The van der Waals surface area contributed by atoms with Gasteiger partial charge in [0.1, 0.15) is 11.7 Å². The molecule has 3 aliphatic carbocycles. The molecule has 3 aliphatic rings.